The Bertz CT molecular complexity index is 1000. The van der Waals surface area contributed by atoms with Gasteiger partial charge in [0.25, 0.3) is 5.56 Å². The molecule has 3 rings (SSSR count). The van der Waals surface area contributed by atoms with E-state index in [0.29, 0.717) is 24.0 Å². The molecule has 0 unspecified atom stereocenters. The minimum atomic E-state index is -0.512. The number of hydrogen-bond donors (Lipinski definition) is 2. The van der Waals surface area contributed by atoms with E-state index in [9.17, 15) is 9.18 Å². The molecule has 1 aromatic carbocycles. The monoisotopic (exact) mass is 424 g/mol. The number of aryl methyl sites for hydroxylation is 2. The average Bonchev–Trinajstić information content (AvgIpc) is 2.77. The Labute approximate surface area is 184 Å². The molecule has 0 aliphatic carbocycles. The van der Waals surface area contributed by atoms with Crippen molar-refractivity contribution in [2.45, 2.75) is 45.8 Å². The molecule has 166 valence electrons. The molecule has 0 saturated carbocycles. The van der Waals surface area contributed by atoms with Crippen molar-refractivity contribution < 1.29 is 4.39 Å². The summed E-state index contributed by atoms with van der Waals surface area (Å²) in [6.07, 6.45) is 4.51. The Morgan fingerprint density at radius 2 is 1.94 bits per heavy atom. The van der Waals surface area contributed by atoms with E-state index in [1.807, 2.05) is 0 Å². The highest BCUT2D eigenvalue weighted by Crippen LogP contribution is 2.16. The molecule has 1 saturated heterocycles. The third-order valence-electron chi connectivity index (χ3n) is 6.12. The van der Waals surface area contributed by atoms with E-state index in [2.05, 4.69) is 48.8 Å². The Balaban J connectivity index is 1.53. The maximum absolute atomic E-state index is 13.7. The second-order valence-corrected chi connectivity index (χ2v) is 8.31. The van der Waals surface area contributed by atoms with Crippen LogP contribution in [0.1, 0.15) is 35.2 Å². The Morgan fingerprint density at radius 1 is 1.19 bits per heavy atom. The highest BCUT2D eigenvalue weighted by atomic mass is 19.1. The number of piperidine rings is 1. The lowest BCUT2D eigenvalue weighted by Gasteiger charge is -2.32. The second kappa shape index (κ2) is 10.6. The maximum Gasteiger partial charge on any atom is 0.251 e. The van der Waals surface area contributed by atoms with Crippen LogP contribution in [0.15, 0.2) is 53.6 Å². The van der Waals surface area contributed by atoms with Crippen LogP contribution in [0.4, 0.5) is 10.1 Å². The molecule has 0 atom stereocenters. The van der Waals surface area contributed by atoms with Crippen LogP contribution < -0.4 is 16.6 Å². The van der Waals surface area contributed by atoms with Crippen molar-refractivity contribution in [3.8, 4) is 0 Å². The van der Waals surface area contributed by atoms with Gasteiger partial charge in [0, 0.05) is 31.7 Å². The summed E-state index contributed by atoms with van der Waals surface area (Å²) in [5.41, 5.74) is 10.6. The number of aromatic nitrogens is 1. The number of hydrogen-bond acceptors (Lipinski definition) is 4. The van der Waals surface area contributed by atoms with Crippen molar-refractivity contribution in [2.75, 3.05) is 25.4 Å². The number of anilines is 1. The minimum Gasteiger partial charge on any atom is -0.397 e. The Hall–Kier alpha value is -2.70. The lowest BCUT2D eigenvalue weighted by molar-refractivity contribution is 0.190. The van der Waals surface area contributed by atoms with Gasteiger partial charge >= 0.3 is 0 Å². The molecule has 0 amide bonds. The first-order valence-corrected chi connectivity index (χ1v) is 10.9. The van der Waals surface area contributed by atoms with Crippen molar-refractivity contribution >= 4 is 11.8 Å². The third kappa shape index (κ3) is 6.15. The van der Waals surface area contributed by atoms with Gasteiger partial charge in [-0.1, -0.05) is 24.8 Å². The van der Waals surface area contributed by atoms with Gasteiger partial charge in [-0.2, -0.15) is 0 Å². The summed E-state index contributed by atoms with van der Waals surface area (Å²) in [6, 6.07) is 10.1. The molecule has 0 spiro atoms. The van der Waals surface area contributed by atoms with Gasteiger partial charge in [-0.3, -0.25) is 4.79 Å². The van der Waals surface area contributed by atoms with E-state index in [1.54, 1.807) is 4.57 Å². The first-order chi connectivity index (χ1) is 14.9. The van der Waals surface area contributed by atoms with Gasteiger partial charge in [-0.15, -0.1) is 0 Å². The molecule has 0 bridgehead atoms. The summed E-state index contributed by atoms with van der Waals surface area (Å²) >= 11 is 0. The zero-order chi connectivity index (χ0) is 22.4. The van der Waals surface area contributed by atoms with Crippen LogP contribution in [-0.2, 0) is 13.1 Å². The lowest BCUT2D eigenvalue weighted by Crippen LogP contribution is -2.43. The molecule has 2 aromatic rings. The van der Waals surface area contributed by atoms with Crippen LogP contribution in [0, 0.1) is 13.8 Å². The summed E-state index contributed by atoms with van der Waals surface area (Å²) < 4.78 is 15.3. The molecule has 1 aromatic heterocycles. The number of rotatable bonds is 8. The number of nitrogens with zero attached hydrogens (tertiary/aromatic N) is 2. The van der Waals surface area contributed by atoms with Crippen molar-refractivity contribution in [1.29, 1.82) is 0 Å². The first-order valence-electron chi connectivity index (χ1n) is 10.9. The summed E-state index contributed by atoms with van der Waals surface area (Å²) in [5.74, 6) is -0.512. The van der Waals surface area contributed by atoms with E-state index in [0.717, 1.165) is 45.1 Å². The van der Waals surface area contributed by atoms with E-state index in [4.69, 9.17) is 5.73 Å². The van der Waals surface area contributed by atoms with Crippen LogP contribution in [0.25, 0.3) is 6.08 Å². The fraction of sp³-hybridized carbons (Fsp3) is 0.400. The number of nitrogens with one attached hydrogen (secondary N) is 1. The van der Waals surface area contributed by atoms with Crippen molar-refractivity contribution in [1.82, 2.24) is 14.8 Å². The van der Waals surface area contributed by atoms with Crippen molar-refractivity contribution in [2.24, 2.45) is 0 Å². The maximum atomic E-state index is 13.7. The van der Waals surface area contributed by atoms with Crippen molar-refractivity contribution in [3.63, 3.8) is 0 Å². The highest BCUT2D eigenvalue weighted by molar-refractivity contribution is 5.63. The first kappa shape index (κ1) is 23.0. The second-order valence-electron chi connectivity index (χ2n) is 8.31. The number of allylic oxidation sites excluding steroid dienone is 2. The van der Waals surface area contributed by atoms with Gasteiger partial charge in [0.2, 0.25) is 0 Å². The summed E-state index contributed by atoms with van der Waals surface area (Å²) in [6.45, 7) is 11.7. The van der Waals surface area contributed by atoms with Crippen LogP contribution >= 0.6 is 0 Å². The van der Waals surface area contributed by atoms with Crippen LogP contribution in [0.5, 0.6) is 0 Å². The Kier molecular flexibility index (Phi) is 7.82. The molecule has 31 heavy (non-hydrogen) atoms. The largest absolute Gasteiger partial charge is 0.397 e. The topological polar surface area (TPSA) is 63.3 Å². The molecule has 0 radical (unpaired) electrons. The number of likely N-dealkylation sites (tertiary alicyclic amines) is 1. The third-order valence-corrected chi connectivity index (χ3v) is 6.12. The van der Waals surface area contributed by atoms with E-state index in [1.165, 1.54) is 34.9 Å². The molecular weight excluding hydrogens is 391 g/mol. The van der Waals surface area contributed by atoms with E-state index >= 15 is 0 Å². The van der Waals surface area contributed by atoms with Gasteiger partial charge in [-0.05, 0) is 74.7 Å². The molecule has 1 aliphatic heterocycles. The van der Waals surface area contributed by atoms with E-state index < -0.39 is 5.83 Å². The lowest BCUT2D eigenvalue weighted by atomic mass is 10.0. The molecule has 2 heterocycles. The fourth-order valence-electron chi connectivity index (χ4n) is 3.97. The molecular formula is C25H33FN4O. The zero-order valence-electron chi connectivity index (χ0n) is 18.5. The SMILES string of the molecule is C=C/C(F)=C\c1c(N)ccc(=O)n1CCN1CCC(NCc2ccc(C)c(C)c2)CC1. The number of nitrogen functional groups attached to an aromatic ring is 1. The molecule has 5 nitrogen and oxygen atoms in total. The quantitative estimate of drug-likeness (QED) is 0.633. The number of nitrogens with two attached hydrogens (primary N) is 1. The number of halogens is 1. The van der Waals surface area contributed by atoms with Crippen LogP contribution in [-0.4, -0.2) is 35.1 Å². The number of pyridine rings is 1. The normalized spacial score (nSPS) is 15.9. The predicted octanol–water partition coefficient (Wildman–Crippen LogP) is 3.80. The molecule has 6 heteroatoms. The van der Waals surface area contributed by atoms with Crippen LogP contribution in [0.3, 0.4) is 0 Å². The van der Waals surface area contributed by atoms with Gasteiger partial charge < -0.3 is 20.5 Å². The smallest absolute Gasteiger partial charge is 0.251 e. The Morgan fingerprint density at radius 3 is 2.61 bits per heavy atom. The summed E-state index contributed by atoms with van der Waals surface area (Å²) in [5, 5.41) is 3.68. The summed E-state index contributed by atoms with van der Waals surface area (Å²) in [4.78, 5) is 14.7. The van der Waals surface area contributed by atoms with Crippen LogP contribution in [0.2, 0.25) is 0 Å². The van der Waals surface area contributed by atoms with E-state index in [-0.39, 0.29) is 5.56 Å². The predicted molar refractivity (Wildman–Crippen MR) is 127 cm³/mol. The average molecular weight is 425 g/mol. The van der Waals surface area contributed by atoms with Gasteiger partial charge in [0.1, 0.15) is 5.83 Å². The molecule has 3 N–H and O–H groups in total. The molecule has 1 fully saturated rings. The highest BCUT2D eigenvalue weighted by Gasteiger charge is 2.19. The zero-order valence-corrected chi connectivity index (χ0v) is 18.5. The van der Waals surface area contributed by atoms with Gasteiger partial charge in [-0.25, -0.2) is 4.39 Å². The number of benzene rings is 1. The van der Waals surface area contributed by atoms with Gasteiger partial charge in [0.15, 0.2) is 0 Å². The van der Waals surface area contributed by atoms with Crippen molar-refractivity contribution in [3.05, 3.63) is 81.6 Å². The summed E-state index contributed by atoms with van der Waals surface area (Å²) in [7, 11) is 0. The molecule has 1 aliphatic rings. The fourth-order valence-corrected chi connectivity index (χ4v) is 3.97. The van der Waals surface area contributed by atoms with Gasteiger partial charge in [0.05, 0.1) is 11.4 Å². The standard InChI is InChI=1S/C25H33FN4O/c1-4-21(26)16-24-23(27)7-8-25(31)30(24)14-13-29-11-9-22(10-12-29)28-17-20-6-5-18(2)19(3)15-20/h4-8,15-16,22,28H,1,9-14,17,27H2,2-3H3/b21-16+. The minimum absolute atomic E-state index is 0.178.